The van der Waals surface area contributed by atoms with E-state index in [1.165, 1.54) is 21.5 Å². The van der Waals surface area contributed by atoms with E-state index < -0.39 is 11.9 Å². The van der Waals surface area contributed by atoms with E-state index in [1.807, 2.05) is 48.5 Å². The van der Waals surface area contributed by atoms with Gasteiger partial charge < -0.3 is 10.5 Å². The molecule has 0 saturated heterocycles. The van der Waals surface area contributed by atoms with Crippen molar-refractivity contribution in [2.45, 2.75) is 52.4 Å². The quantitative estimate of drug-likeness (QED) is 0.500. The Morgan fingerprint density at radius 1 is 1.08 bits per heavy atom. The van der Waals surface area contributed by atoms with Crippen LogP contribution >= 0.6 is 11.3 Å². The molecule has 1 aliphatic rings. The molecule has 1 aliphatic heterocycles. The first kappa shape index (κ1) is 26.2. The lowest BCUT2D eigenvalue weighted by atomic mass is 9.83. The van der Waals surface area contributed by atoms with Crippen LogP contribution in [0.2, 0.25) is 0 Å². The predicted molar refractivity (Wildman–Crippen MR) is 148 cm³/mol. The number of hydrogen-bond acceptors (Lipinski definition) is 6. The molecule has 0 unspecified atom stereocenters. The lowest BCUT2D eigenvalue weighted by molar-refractivity contribution is -0.136. The van der Waals surface area contributed by atoms with Gasteiger partial charge in [0, 0.05) is 0 Å². The molecule has 7 heteroatoms. The van der Waals surface area contributed by atoms with Crippen molar-refractivity contribution in [3.63, 3.8) is 0 Å². The van der Waals surface area contributed by atoms with Crippen molar-refractivity contribution in [3.05, 3.63) is 95.9 Å². The first-order chi connectivity index (χ1) is 17.7. The molecule has 4 rings (SSSR count). The number of rotatable bonds is 6. The number of hydrogen-bond donors (Lipinski definition) is 1. The molecule has 0 saturated carbocycles. The number of allylic oxidation sites excluding steroid dienone is 1. The maximum absolute atomic E-state index is 13.5. The highest BCUT2D eigenvalue weighted by atomic mass is 32.1. The van der Waals surface area contributed by atoms with Gasteiger partial charge in [-0.05, 0) is 47.1 Å². The van der Waals surface area contributed by atoms with Crippen molar-refractivity contribution in [3.8, 4) is 6.07 Å². The summed E-state index contributed by atoms with van der Waals surface area (Å²) in [5.41, 5.74) is 10.4. The van der Waals surface area contributed by atoms with Gasteiger partial charge >= 0.3 is 5.97 Å². The maximum atomic E-state index is 13.5. The summed E-state index contributed by atoms with van der Waals surface area (Å²) < 4.78 is 7.51. The smallest absolute Gasteiger partial charge is 0.338 e. The average molecular weight is 514 g/mol. The van der Waals surface area contributed by atoms with Gasteiger partial charge in [-0.1, -0.05) is 76.2 Å². The zero-order chi connectivity index (χ0) is 26.9. The standard InChI is InChI=1S/C30H31N3O3S/c1-6-36-30(35)26-25(22-13-11-21(12-14-22)18(4)5)23(16-31)27(32)33-28(34)24(37-29(26)33)15-19-7-9-20(10-8-19)17(2)3/h7-15,17-18,25H,6,32H2,1-5H3/b24-15-/t25-/m1/s1. The number of thiazole rings is 1. The summed E-state index contributed by atoms with van der Waals surface area (Å²) in [6, 6.07) is 18.0. The van der Waals surface area contributed by atoms with Gasteiger partial charge in [-0.25, -0.2) is 4.79 Å². The molecule has 1 aromatic heterocycles. The van der Waals surface area contributed by atoms with Crippen molar-refractivity contribution >= 4 is 34.8 Å². The fourth-order valence-electron chi connectivity index (χ4n) is 4.49. The molecule has 3 aromatic rings. The highest BCUT2D eigenvalue weighted by Gasteiger charge is 2.36. The Kier molecular flexibility index (Phi) is 7.51. The molecule has 2 heterocycles. The summed E-state index contributed by atoms with van der Waals surface area (Å²) in [6.07, 6.45) is 1.79. The molecular weight excluding hydrogens is 482 g/mol. The van der Waals surface area contributed by atoms with Crippen molar-refractivity contribution in [1.82, 2.24) is 4.57 Å². The number of carbonyl (C=O) groups is 1. The average Bonchev–Trinajstić information content (AvgIpc) is 3.20. The van der Waals surface area contributed by atoms with E-state index in [4.69, 9.17) is 10.5 Å². The van der Waals surface area contributed by atoms with Gasteiger partial charge in [0.25, 0.3) is 5.56 Å². The van der Waals surface area contributed by atoms with Crippen LogP contribution in [0.25, 0.3) is 17.5 Å². The number of aromatic nitrogens is 1. The molecule has 2 aromatic carbocycles. The van der Waals surface area contributed by atoms with E-state index in [-0.39, 0.29) is 29.1 Å². The minimum Gasteiger partial charge on any atom is -0.463 e. The number of esters is 1. The Hall–Kier alpha value is -3.89. The second-order valence-electron chi connectivity index (χ2n) is 9.68. The van der Waals surface area contributed by atoms with Crippen molar-refractivity contribution in [2.24, 2.45) is 5.73 Å². The van der Waals surface area contributed by atoms with Gasteiger partial charge in [0.05, 0.1) is 34.3 Å². The first-order valence-electron chi connectivity index (χ1n) is 12.4. The zero-order valence-corrected chi connectivity index (χ0v) is 22.6. The van der Waals surface area contributed by atoms with Gasteiger partial charge in [0.15, 0.2) is 0 Å². The Morgan fingerprint density at radius 2 is 1.65 bits per heavy atom. The van der Waals surface area contributed by atoms with Gasteiger partial charge in [-0.3, -0.25) is 9.36 Å². The monoisotopic (exact) mass is 513 g/mol. The van der Waals surface area contributed by atoms with Crippen LogP contribution in [-0.2, 0) is 9.53 Å². The number of ether oxygens (including phenoxy) is 1. The summed E-state index contributed by atoms with van der Waals surface area (Å²) in [5, 5.41) is 10.1. The molecule has 1 atom stereocenters. The Bertz CT molecular complexity index is 1580. The fraction of sp³-hybridized carbons (Fsp3) is 0.300. The van der Waals surface area contributed by atoms with E-state index in [1.54, 1.807) is 13.0 Å². The van der Waals surface area contributed by atoms with Gasteiger partial charge in [-0.2, -0.15) is 5.26 Å². The largest absolute Gasteiger partial charge is 0.463 e. The van der Waals surface area contributed by atoms with Gasteiger partial charge in [0.2, 0.25) is 0 Å². The van der Waals surface area contributed by atoms with Crippen LogP contribution in [0, 0.1) is 11.3 Å². The van der Waals surface area contributed by atoms with Crippen LogP contribution in [-0.4, -0.2) is 17.1 Å². The molecule has 0 amide bonds. The van der Waals surface area contributed by atoms with Crippen molar-refractivity contribution in [2.75, 3.05) is 6.61 Å². The molecule has 0 radical (unpaired) electrons. The molecular formula is C30H31N3O3S. The van der Waals surface area contributed by atoms with E-state index in [2.05, 4.69) is 33.8 Å². The summed E-state index contributed by atoms with van der Waals surface area (Å²) in [4.78, 5) is 26.8. The third-order valence-corrected chi connectivity index (χ3v) is 7.71. The second kappa shape index (κ2) is 10.6. The predicted octanol–water partition coefficient (Wildman–Crippen LogP) is 4.15. The van der Waals surface area contributed by atoms with E-state index in [0.717, 1.165) is 16.7 Å². The molecule has 0 aliphatic carbocycles. The number of benzene rings is 2. The molecule has 0 spiro atoms. The minimum absolute atomic E-state index is 0.0412. The summed E-state index contributed by atoms with van der Waals surface area (Å²) in [6.45, 7) is 10.3. The SMILES string of the molecule is CCOC(=O)C1=c2s/c(=C\c3ccc(C(C)C)cc3)c(=O)n2C(N)=C(C#N)[C@H]1c1ccc(C(C)C)cc1. The molecule has 190 valence electrons. The van der Waals surface area contributed by atoms with Crippen LogP contribution < -0.4 is 20.5 Å². The Morgan fingerprint density at radius 3 is 2.16 bits per heavy atom. The van der Waals surface area contributed by atoms with E-state index in [9.17, 15) is 14.9 Å². The molecule has 6 nitrogen and oxygen atoms in total. The highest BCUT2D eigenvalue weighted by molar-refractivity contribution is 7.07. The van der Waals surface area contributed by atoms with Crippen LogP contribution in [0.1, 0.15) is 74.6 Å². The van der Waals surface area contributed by atoms with E-state index in [0.29, 0.717) is 21.0 Å². The number of nitriles is 1. The summed E-state index contributed by atoms with van der Waals surface area (Å²) in [5.74, 6) is -0.527. The molecule has 37 heavy (non-hydrogen) atoms. The topological polar surface area (TPSA) is 98.1 Å². The number of nitrogens with zero attached hydrogens (tertiary/aromatic N) is 2. The van der Waals surface area contributed by atoms with Crippen molar-refractivity contribution < 1.29 is 9.53 Å². The van der Waals surface area contributed by atoms with Crippen LogP contribution in [0.3, 0.4) is 0 Å². The molecule has 0 fully saturated rings. The van der Waals surface area contributed by atoms with Gasteiger partial charge in [0.1, 0.15) is 10.5 Å². The Labute approximate surface area is 220 Å². The third-order valence-electron chi connectivity index (χ3n) is 6.60. The lowest BCUT2D eigenvalue weighted by Gasteiger charge is -2.25. The second-order valence-corrected chi connectivity index (χ2v) is 10.7. The van der Waals surface area contributed by atoms with Gasteiger partial charge in [-0.15, -0.1) is 11.3 Å². The lowest BCUT2D eigenvalue weighted by Crippen LogP contribution is -2.40. The fourth-order valence-corrected chi connectivity index (χ4v) is 5.65. The molecule has 0 bridgehead atoms. The Balaban J connectivity index is 2.00. The van der Waals surface area contributed by atoms with Crippen molar-refractivity contribution in [1.29, 1.82) is 5.26 Å². The maximum Gasteiger partial charge on any atom is 0.338 e. The van der Waals surface area contributed by atoms with Crippen LogP contribution in [0.4, 0.5) is 0 Å². The molecule has 2 N–H and O–H groups in total. The van der Waals surface area contributed by atoms with Crippen LogP contribution in [0.15, 0.2) is 58.9 Å². The number of fused-ring (bicyclic) bond motifs is 1. The summed E-state index contributed by atoms with van der Waals surface area (Å²) >= 11 is 1.19. The van der Waals surface area contributed by atoms with Crippen LogP contribution in [0.5, 0.6) is 0 Å². The normalized spacial score (nSPS) is 15.8. The number of carbonyl (C=O) groups excluding carboxylic acids is 1. The number of nitrogens with two attached hydrogens (primary N) is 1. The highest BCUT2D eigenvalue weighted by Crippen LogP contribution is 2.37. The van der Waals surface area contributed by atoms with E-state index >= 15 is 0 Å². The summed E-state index contributed by atoms with van der Waals surface area (Å²) in [7, 11) is 0. The minimum atomic E-state index is -0.735. The third kappa shape index (κ3) is 4.90. The first-order valence-corrected chi connectivity index (χ1v) is 13.2. The zero-order valence-electron chi connectivity index (χ0n) is 21.7.